The Bertz CT molecular complexity index is 821. The van der Waals surface area contributed by atoms with E-state index in [4.69, 9.17) is 4.74 Å². The molecule has 2 saturated heterocycles. The van der Waals surface area contributed by atoms with Crippen LogP contribution in [0.5, 0.6) is 0 Å². The molecule has 2 bridgehead atoms. The van der Waals surface area contributed by atoms with Gasteiger partial charge < -0.3 is 20.1 Å². The van der Waals surface area contributed by atoms with Crippen LogP contribution in [0.3, 0.4) is 0 Å². The van der Waals surface area contributed by atoms with Crippen molar-refractivity contribution in [1.82, 2.24) is 0 Å². The average Bonchev–Trinajstić information content (AvgIpc) is 3.11. The molecule has 1 unspecified atom stereocenters. The summed E-state index contributed by atoms with van der Waals surface area (Å²) in [5, 5.41) is 13.4. The number of ether oxygens (including phenoxy) is 1. The lowest BCUT2D eigenvalue weighted by Crippen LogP contribution is -3.16. The number of rotatable bonds is 2. The van der Waals surface area contributed by atoms with Gasteiger partial charge in [-0.1, -0.05) is 24.3 Å². The number of carbonyl (C=O) groups is 1. The first-order valence-electron chi connectivity index (χ1n) is 9.91. The third-order valence-corrected chi connectivity index (χ3v) is 7.98. The third-order valence-electron chi connectivity index (χ3n) is 7.98. The van der Waals surface area contributed by atoms with Gasteiger partial charge in [0.2, 0.25) is 0 Å². The van der Waals surface area contributed by atoms with Gasteiger partial charge in [0.05, 0.1) is 37.6 Å². The first-order valence-corrected chi connectivity index (χ1v) is 9.91. The fraction of sp³-hybridized carbons (Fsp3) is 0.571. The van der Waals surface area contributed by atoms with Crippen molar-refractivity contribution in [2.45, 2.75) is 42.9 Å². The summed E-state index contributed by atoms with van der Waals surface area (Å²) in [6.07, 6.45) is 4.53. The molecule has 5 nitrogen and oxygen atoms in total. The molecule has 1 saturated carbocycles. The maximum absolute atomic E-state index is 11.6. The highest BCUT2D eigenvalue weighted by atomic mass is 16.5. The van der Waals surface area contributed by atoms with Crippen LogP contribution in [0.2, 0.25) is 0 Å². The Morgan fingerprint density at radius 1 is 1.38 bits per heavy atom. The van der Waals surface area contributed by atoms with E-state index in [0.717, 1.165) is 6.54 Å². The van der Waals surface area contributed by atoms with E-state index in [9.17, 15) is 9.90 Å². The van der Waals surface area contributed by atoms with E-state index in [0.29, 0.717) is 18.6 Å². The van der Waals surface area contributed by atoms with Crippen LogP contribution in [0, 0.1) is 11.8 Å². The van der Waals surface area contributed by atoms with E-state index in [-0.39, 0.29) is 29.9 Å². The number of hydrogen-bond donors (Lipinski definition) is 3. The Morgan fingerprint density at radius 3 is 3.15 bits per heavy atom. The van der Waals surface area contributed by atoms with Gasteiger partial charge in [-0.2, -0.15) is 0 Å². The van der Waals surface area contributed by atoms with Gasteiger partial charge in [-0.05, 0) is 23.1 Å². The molecule has 5 aliphatic rings. The average molecular weight is 353 g/mol. The van der Waals surface area contributed by atoms with Gasteiger partial charge in [-0.3, -0.25) is 4.79 Å². The molecule has 26 heavy (non-hydrogen) atoms. The van der Waals surface area contributed by atoms with Crippen molar-refractivity contribution in [1.29, 1.82) is 0 Å². The van der Waals surface area contributed by atoms with Crippen LogP contribution in [0.4, 0.5) is 5.69 Å². The van der Waals surface area contributed by atoms with Crippen molar-refractivity contribution in [2.75, 3.05) is 25.0 Å². The maximum atomic E-state index is 11.6. The van der Waals surface area contributed by atoms with Crippen molar-refractivity contribution >= 4 is 11.7 Å². The van der Waals surface area contributed by atoms with E-state index >= 15 is 0 Å². The minimum absolute atomic E-state index is 0.105. The molecule has 4 aliphatic heterocycles. The minimum Gasteiger partial charge on any atom is -0.481 e. The van der Waals surface area contributed by atoms with Crippen molar-refractivity contribution in [3.8, 4) is 0 Å². The number of piperidine rings is 1. The largest absolute Gasteiger partial charge is 0.481 e. The molecule has 136 valence electrons. The molecule has 0 aromatic heterocycles. The Balaban J connectivity index is 1.53. The lowest BCUT2D eigenvalue weighted by molar-refractivity contribution is -0.916. The minimum atomic E-state index is -0.750. The van der Waals surface area contributed by atoms with Crippen molar-refractivity contribution < 1.29 is 19.5 Å². The maximum Gasteiger partial charge on any atom is 0.305 e. The second-order valence-electron chi connectivity index (χ2n) is 8.76. The van der Waals surface area contributed by atoms with E-state index in [1.165, 1.54) is 36.2 Å². The smallest absolute Gasteiger partial charge is 0.305 e. The number of hydrogen-bond acceptors (Lipinski definition) is 3. The summed E-state index contributed by atoms with van der Waals surface area (Å²) < 4.78 is 6.14. The normalized spacial score (nSPS) is 44.4. The third kappa shape index (κ3) is 1.75. The van der Waals surface area contributed by atoms with Crippen LogP contribution in [0.25, 0.3) is 0 Å². The van der Waals surface area contributed by atoms with Crippen LogP contribution in [-0.4, -0.2) is 49.0 Å². The second kappa shape index (κ2) is 5.11. The number of fused-ring (bicyclic) bond motifs is 2. The first kappa shape index (κ1) is 15.2. The predicted octanol–water partition coefficient (Wildman–Crippen LogP) is 0.825. The highest BCUT2D eigenvalue weighted by Gasteiger charge is 2.69. The van der Waals surface area contributed by atoms with E-state index < -0.39 is 5.97 Å². The van der Waals surface area contributed by atoms with Crippen LogP contribution >= 0.6 is 0 Å². The zero-order chi connectivity index (χ0) is 17.5. The molecular formula is C21H25N2O3+. The number of benzene rings is 1. The van der Waals surface area contributed by atoms with Gasteiger partial charge in [0.1, 0.15) is 6.04 Å². The highest BCUT2D eigenvalue weighted by Crippen LogP contribution is 2.58. The van der Waals surface area contributed by atoms with E-state index in [1.54, 1.807) is 4.90 Å². The highest BCUT2D eigenvalue weighted by molar-refractivity contribution is 5.68. The Kier molecular flexibility index (Phi) is 2.99. The van der Waals surface area contributed by atoms with Gasteiger partial charge in [0.15, 0.2) is 0 Å². The molecule has 3 N–H and O–H groups in total. The quantitative estimate of drug-likeness (QED) is 0.689. The van der Waals surface area contributed by atoms with Crippen molar-refractivity contribution in [3.63, 3.8) is 0 Å². The van der Waals surface area contributed by atoms with Crippen molar-refractivity contribution in [3.05, 3.63) is 41.5 Å². The molecule has 1 aromatic carbocycles. The van der Waals surface area contributed by atoms with Crippen LogP contribution in [-0.2, 0) is 14.9 Å². The predicted molar refractivity (Wildman–Crippen MR) is 96.3 cm³/mol. The Labute approximate surface area is 153 Å². The molecule has 1 aliphatic carbocycles. The zero-order valence-electron chi connectivity index (χ0n) is 14.8. The van der Waals surface area contributed by atoms with Crippen LogP contribution < -0.4 is 10.2 Å². The standard InChI is InChI=1S/C21H24N2O3/c24-18(25)10-16-19-13-9-17-21(6-7-23(17)11-12(13)5-8-26-16)14-3-1-2-4-15(14)22-20(19)21/h1-5,13,16-17,19-20,22H,6-11H2,(H,24,25)/p+1/t13-,16+,17-,19-,20-,21+/m0/s1. The molecular weight excluding hydrogens is 328 g/mol. The van der Waals surface area contributed by atoms with Gasteiger partial charge >= 0.3 is 5.97 Å². The van der Waals surface area contributed by atoms with Crippen LogP contribution in [0.15, 0.2) is 35.9 Å². The summed E-state index contributed by atoms with van der Waals surface area (Å²) in [6, 6.07) is 9.70. The first-order chi connectivity index (χ1) is 12.7. The van der Waals surface area contributed by atoms with E-state index in [1.807, 2.05) is 0 Å². The molecule has 0 radical (unpaired) electrons. The molecule has 0 amide bonds. The lowest BCUT2D eigenvalue weighted by atomic mass is 9.54. The van der Waals surface area contributed by atoms with E-state index in [2.05, 4.69) is 35.7 Å². The fourth-order valence-corrected chi connectivity index (χ4v) is 7.17. The van der Waals surface area contributed by atoms with Gasteiger partial charge in [0.25, 0.3) is 0 Å². The zero-order valence-corrected chi connectivity index (χ0v) is 14.8. The summed E-state index contributed by atoms with van der Waals surface area (Å²) >= 11 is 0. The number of carboxylic acid groups (broad SMARTS) is 1. The molecule has 4 heterocycles. The number of carboxylic acids is 1. The summed E-state index contributed by atoms with van der Waals surface area (Å²) in [5.74, 6) is -0.0450. The SMILES string of the molecule is O=C(O)C[C@H]1OCC=C2C[NH+]3CC[C@]45c6ccccc6N[C@H]4[C@H]1[C@H]2C[C@H]35. The van der Waals surface area contributed by atoms with Crippen LogP contribution in [0.1, 0.15) is 24.8 Å². The molecule has 7 atom stereocenters. The van der Waals surface area contributed by atoms with Crippen molar-refractivity contribution in [2.24, 2.45) is 11.8 Å². The number of aliphatic carboxylic acids is 1. The molecule has 1 spiro atoms. The molecule has 6 rings (SSSR count). The summed E-state index contributed by atoms with van der Waals surface area (Å²) in [6.45, 7) is 2.90. The number of quaternary nitrogens is 1. The molecule has 5 heteroatoms. The topological polar surface area (TPSA) is 63.0 Å². The van der Waals surface area contributed by atoms with Gasteiger partial charge in [0, 0.05) is 30.5 Å². The molecule has 1 aromatic rings. The summed E-state index contributed by atoms with van der Waals surface area (Å²) in [7, 11) is 0. The monoisotopic (exact) mass is 353 g/mol. The molecule has 3 fully saturated rings. The van der Waals surface area contributed by atoms with Gasteiger partial charge in [-0.25, -0.2) is 0 Å². The number of para-hydroxylation sites is 1. The Hall–Kier alpha value is -1.85. The lowest BCUT2D eigenvalue weighted by Gasteiger charge is -2.53. The summed E-state index contributed by atoms with van der Waals surface area (Å²) in [4.78, 5) is 13.3. The summed E-state index contributed by atoms with van der Waals surface area (Å²) in [5.41, 5.74) is 4.38. The number of nitrogens with one attached hydrogen (secondary N) is 2. The van der Waals surface area contributed by atoms with Gasteiger partial charge in [-0.15, -0.1) is 0 Å². The Morgan fingerprint density at radius 2 is 2.27 bits per heavy atom. The second-order valence-corrected chi connectivity index (χ2v) is 8.76. The number of anilines is 1. The fourth-order valence-electron chi connectivity index (χ4n) is 7.17.